The summed E-state index contributed by atoms with van der Waals surface area (Å²) in [4.78, 5) is 28.8. The number of ether oxygens (including phenoxy) is 1. The maximum absolute atomic E-state index is 11.7. The quantitative estimate of drug-likeness (QED) is 0.362. The third-order valence-corrected chi connectivity index (χ3v) is 6.03. The van der Waals surface area contributed by atoms with E-state index in [0.717, 1.165) is 37.3 Å². The molecule has 0 saturated carbocycles. The Kier molecular flexibility index (Phi) is 6.49. The highest BCUT2D eigenvalue weighted by Crippen LogP contribution is 2.30. The van der Waals surface area contributed by atoms with Gasteiger partial charge in [0.25, 0.3) is 0 Å². The van der Waals surface area contributed by atoms with E-state index in [9.17, 15) is 4.79 Å². The second-order valence-corrected chi connectivity index (χ2v) is 8.59. The van der Waals surface area contributed by atoms with Crippen LogP contribution in [-0.4, -0.2) is 59.0 Å². The smallest absolute Gasteiger partial charge is 0.233 e. The van der Waals surface area contributed by atoms with Crippen LogP contribution in [0.5, 0.6) is 11.6 Å². The molecule has 1 aliphatic heterocycles. The molecule has 2 aromatic carbocycles. The fourth-order valence-electron chi connectivity index (χ4n) is 3.99. The first-order chi connectivity index (χ1) is 17.1. The minimum Gasteiger partial charge on any atom is -0.438 e. The number of piperazine rings is 1. The van der Waals surface area contributed by atoms with E-state index in [2.05, 4.69) is 54.6 Å². The molecule has 9 nitrogen and oxygen atoms in total. The number of amides is 1. The standard InChI is InChI=1S/C26H29N7O2/c1-3-23(34)28-19-5-4-6-21(17-19)35-25-22-11-12-27-24(22)30-26(31-25)29-18-7-9-20(10-8-18)33-15-13-32(2)14-16-33/h4-12,17H,3,13-16H2,1-2H3,(H,28,34)(H2,27,29,30,31). The van der Waals surface area contributed by atoms with Gasteiger partial charge in [-0.2, -0.15) is 9.97 Å². The van der Waals surface area contributed by atoms with Crippen molar-refractivity contribution in [2.75, 3.05) is 48.8 Å². The fraction of sp³-hybridized carbons (Fsp3) is 0.269. The zero-order valence-electron chi connectivity index (χ0n) is 19.9. The number of nitrogens with zero attached hydrogens (tertiary/aromatic N) is 4. The summed E-state index contributed by atoms with van der Waals surface area (Å²) in [5, 5.41) is 6.90. The van der Waals surface area contributed by atoms with Gasteiger partial charge in [0.2, 0.25) is 17.7 Å². The Morgan fingerprint density at radius 3 is 2.60 bits per heavy atom. The number of carbonyl (C=O) groups excluding carboxylic acids is 1. The van der Waals surface area contributed by atoms with Gasteiger partial charge in [-0.3, -0.25) is 4.79 Å². The average Bonchev–Trinajstić information content (AvgIpc) is 3.34. The van der Waals surface area contributed by atoms with E-state index in [4.69, 9.17) is 4.74 Å². The Morgan fingerprint density at radius 1 is 1.03 bits per heavy atom. The molecule has 0 spiro atoms. The van der Waals surface area contributed by atoms with Crippen LogP contribution in [0, 0.1) is 0 Å². The monoisotopic (exact) mass is 471 g/mol. The maximum atomic E-state index is 11.7. The van der Waals surface area contributed by atoms with Crippen molar-refractivity contribution in [3.05, 3.63) is 60.8 Å². The average molecular weight is 472 g/mol. The number of hydrogen-bond donors (Lipinski definition) is 3. The van der Waals surface area contributed by atoms with Gasteiger partial charge in [0.15, 0.2) is 0 Å². The van der Waals surface area contributed by atoms with E-state index in [1.165, 1.54) is 5.69 Å². The van der Waals surface area contributed by atoms with Crippen molar-refractivity contribution in [3.63, 3.8) is 0 Å². The summed E-state index contributed by atoms with van der Waals surface area (Å²) in [6.07, 6.45) is 2.21. The van der Waals surface area contributed by atoms with E-state index in [0.29, 0.717) is 35.3 Å². The molecule has 2 aromatic heterocycles. The number of fused-ring (bicyclic) bond motifs is 1. The Balaban J connectivity index is 1.34. The third-order valence-electron chi connectivity index (χ3n) is 6.03. The van der Waals surface area contributed by atoms with Crippen molar-refractivity contribution in [1.82, 2.24) is 19.9 Å². The molecular formula is C26H29N7O2. The topological polar surface area (TPSA) is 98.4 Å². The number of aromatic nitrogens is 3. The number of hydrogen-bond acceptors (Lipinski definition) is 7. The Hall–Kier alpha value is -4.11. The Bertz CT molecular complexity index is 1310. The van der Waals surface area contributed by atoms with Crippen LogP contribution >= 0.6 is 0 Å². The Labute approximate surface area is 204 Å². The van der Waals surface area contributed by atoms with Gasteiger partial charge in [0.1, 0.15) is 11.4 Å². The van der Waals surface area contributed by atoms with Gasteiger partial charge < -0.3 is 30.2 Å². The highest BCUT2D eigenvalue weighted by atomic mass is 16.5. The van der Waals surface area contributed by atoms with E-state index < -0.39 is 0 Å². The van der Waals surface area contributed by atoms with Crippen LogP contribution in [0.25, 0.3) is 11.0 Å². The van der Waals surface area contributed by atoms with Crippen molar-refractivity contribution >= 4 is 40.0 Å². The predicted molar refractivity (Wildman–Crippen MR) is 139 cm³/mol. The molecule has 1 amide bonds. The number of H-pyrrole nitrogens is 1. The van der Waals surface area contributed by atoms with Crippen LogP contribution < -0.4 is 20.3 Å². The fourth-order valence-corrected chi connectivity index (χ4v) is 3.99. The SMILES string of the molecule is CCC(=O)Nc1cccc(Oc2nc(Nc3ccc(N4CCN(C)CC4)cc3)nc3[nH]ccc23)c1. The summed E-state index contributed by atoms with van der Waals surface area (Å²) in [6.45, 7) is 6.01. The van der Waals surface area contributed by atoms with Gasteiger partial charge in [-0.1, -0.05) is 13.0 Å². The van der Waals surface area contributed by atoms with Crippen LogP contribution in [0.1, 0.15) is 13.3 Å². The van der Waals surface area contributed by atoms with Crippen molar-refractivity contribution < 1.29 is 9.53 Å². The molecule has 35 heavy (non-hydrogen) atoms. The number of likely N-dealkylation sites (N-methyl/N-ethyl adjacent to an activating group) is 1. The molecule has 1 saturated heterocycles. The van der Waals surface area contributed by atoms with Gasteiger partial charge in [-0.05, 0) is 49.5 Å². The molecular weight excluding hydrogens is 442 g/mol. The van der Waals surface area contributed by atoms with Crippen molar-refractivity contribution in [1.29, 1.82) is 0 Å². The van der Waals surface area contributed by atoms with Gasteiger partial charge in [0, 0.05) is 61.9 Å². The first-order valence-corrected chi connectivity index (χ1v) is 11.8. The van der Waals surface area contributed by atoms with Gasteiger partial charge in [-0.25, -0.2) is 0 Å². The summed E-state index contributed by atoms with van der Waals surface area (Å²) in [5.74, 6) is 1.37. The number of anilines is 4. The maximum Gasteiger partial charge on any atom is 0.233 e. The molecule has 1 fully saturated rings. The number of nitrogens with one attached hydrogen (secondary N) is 3. The summed E-state index contributed by atoms with van der Waals surface area (Å²) < 4.78 is 6.12. The molecule has 9 heteroatoms. The first kappa shape index (κ1) is 22.7. The Morgan fingerprint density at radius 2 is 1.83 bits per heavy atom. The lowest BCUT2D eigenvalue weighted by Gasteiger charge is -2.34. The third kappa shape index (κ3) is 5.36. The highest BCUT2D eigenvalue weighted by Gasteiger charge is 2.15. The summed E-state index contributed by atoms with van der Waals surface area (Å²) in [6, 6.07) is 17.4. The molecule has 3 heterocycles. The van der Waals surface area contributed by atoms with Crippen LogP contribution in [0.4, 0.5) is 23.0 Å². The van der Waals surface area contributed by atoms with Crippen LogP contribution in [0.15, 0.2) is 60.8 Å². The minimum absolute atomic E-state index is 0.0534. The second kappa shape index (κ2) is 10.0. The molecule has 0 atom stereocenters. The van der Waals surface area contributed by atoms with Crippen molar-refractivity contribution in [2.24, 2.45) is 0 Å². The molecule has 0 unspecified atom stereocenters. The summed E-state index contributed by atoms with van der Waals surface area (Å²) in [5.41, 5.74) is 3.45. The number of benzene rings is 2. The van der Waals surface area contributed by atoms with E-state index in [1.807, 2.05) is 43.3 Å². The summed E-state index contributed by atoms with van der Waals surface area (Å²) in [7, 11) is 2.16. The van der Waals surface area contributed by atoms with Crippen molar-refractivity contribution in [2.45, 2.75) is 13.3 Å². The summed E-state index contributed by atoms with van der Waals surface area (Å²) >= 11 is 0. The molecule has 0 radical (unpaired) electrons. The molecule has 0 bridgehead atoms. The minimum atomic E-state index is -0.0534. The highest BCUT2D eigenvalue weighted by molar-refractivity contribution is 5.90. The largest absolute Gasteiger partial charge is 0.438 e. The molecule has 3 N–H and O–H groups in total. The molecule has 4 aromatic rings. The van der Waals surface area contributed by atoms with Crippen LogP contribution in [0.2, 0.25) is 0 Å². The second-order valence-electron chi connectivity index (χ2n) is 8.59. The van der Waals surface area contributed by atoms with Crippen LogP contribution in [0.3, 0.4) is 0 Å². The zero-order chi connectivity index (χ0) is 24.2. The van der Waals surface area contributed by atoms with Crippen molar-refractivity contribution in [3.8, 4) is 11.6 Å². The van der Waals surface area contributed by atoms with Gasteiger partial charge in [-0.15, -0.1) is 0 Å². The molecule has 1 aliphatic rings. The van der Waals surface area contributed by atoms with Gasteiger partial charge in [0.05, 0.1) is 5.39 Å². The zero-order valence-corrected chi connectivity index (χ0v) is 19.9. The lowest BCUT2D eigenvalue weighted by molar-refractivity contribution is -0.115. The van der Waals surface area contributed by atoms with E-state index in [-0.39, 0.29) is 5.91 Å². The number of rotatable bonds is 7. The molecule has 0 aliphatic carbocycles. The first-order valence-electron chi connectivity index (χ1n) is 11.8. The lowest BCUT2D eigenvalue weighted by Crippen LogP contribution is -2.44. The molecule has 5 rings (SSSR count). The van der Waals surface area contributed by atoms with E-state index in [1.54, 1.807) is 12.3 Å². The predicted octanol–water partition coefficient (Wildman–Crippen LogP) is 4.59. The molecule has 180 valence electrons. The number of carbonyl (C=O) groups is 1. The lowest BCUT2D eigenvalue weighted by atomic mass is 10.2. The number of aromatic amines is 1. The normalized spacial score (nSPS) is 14.2. The van der Waals surface area contributed by atoms with Crippen LogP contribution in [-0.2, 0) is 4.79 Å². The van der Waals surface area contributed by atoms with E-state index >= 15 is 0 Å². The van der Waals surface area contributed by atoms with Gasteiger partial charge >= 0.3 is 0 Å².